The summed E-state index contributed by atoms with van der Waals surface area (Å²) in [5.41, 5.74) is -0.456. The summed E-state index contributed by atoms with van der Waals surface area (Å²) in [6, 6.07) is 6.91. The second kappa shape index (κ2) is 5.87. The molecule has 0 radical (unpaired) electrons. The van der Waals surface area contributed by atoms with E-state index in [1.165, 1.54) is 4.90 Å². The number of benzene rings is 1. The zero-order valence-electron chi connectivity index (χ0n) is 14.8. The van der Waals surface area contributed by atoms with Crippen LogP contribution in [0.5, 0.6) is 0 Å². The van der Waals surface area contributed by atoms with Crippen molar-refractivity contribution in [2.45, 2.75) is 59.2 Å². The summed E-state index contributed by atoms with van der Waals surface area (Å²) in [5.74, 6) is -0.313. The number of azo groups is 1. The summed E-state index contributed by atoms with van der Waals surface area (Å²) in [7, 11) is 0. The quantitative estimate of drug-likeness (QED) is 0.614. The van der Waals surface area contributed by atoms with Gasteiger partial charge in [-0.3, -0.25) is 9.59 Å². The molecule has 2 rings (SSSR count). The molecule has 1 heterocycles. The van der Waals surface area contributed by atoms with Gasteiger partial charge in [-0.1, -0.05) is 26.0 Å². The summed E-state index contributed by atoms with van der Waals surface area (Å²) in [6.07, 6.45) is 0.568. The minimum Gasteiger partial charge on any atom is -0.268 e. The third-order valence-corrected chi connectivity index (χ3v) is 3.64. The molecule has 1 aliphatic heterocycles. The van der Waals surface area contributed by atoms with Gasteiger partial charge in [0.1, 0.15) is 0 Å². The van der Waals surface area contributed by atoms with Gasteiger partial charge in [0.25, 0.3) is 11.8 Å². The van der Waals surface area contributed by atoms with Crippen LogP contribution < -0.4 is 0 Å². The number of amides is 2. The number of hydrogen-bond donors (Lipinski definition) is 0. The van der Waals surface area contributed by atoms with Crippen molar-refractivity contribution in [3.8, 4) is 0 Å². The Morgan fingerprint density at radius 2 is 1.43 bits per heavy atom. The first kappa shape index (κ1) is 17.3. The van der Waals surface area contributed by atoms with Crippen LogP contribution in [0.25, 0.3) is 0 Å². The Morgan fingerprint density at radius 1 is 0.957 bits per heavy atom. The van der Waals surface area contributed by atoms with Gasteiger partial charge in [0.15, 0.2) is 5.66 Å². The summed E-state index contributed by atoms with van der Waals surface area (Å²) in [5, 5.41) is 8.78. The Balaban J connectivity index is 2.47. The highest BCUT2D eigenvalue weighted by Crippen LogP contribution is 2.35. The van der Waals surface area contributed by atoms with Crippen molar-refractivity contribution in [3.63, 3.8) is 0 Å². The first-order valence-corrected chi connectivity index (χ1v) is 7.97. The predicted octanol–water partition coefficient (Wildman–Crippen LogP) is 4.30. The van der Waals surface area contributed by atoms with Crippen molar-refractivity contribution in [2.75, 3.05) is 0 Å². The normalized spacial score (nSPS) is 18.0. The third-order valence-electron chi connectivity index (χ3n) is 3.64. The summed E-state index contributed by atoms with van der Waals surface area (Å²) in [6.45, 7) is 11.7. The molecule has 0 saturated carbocycles. The average molecular weight is 315 g/mol. The molecule has 23 heavy (non-hydrogen) atoms. The zero-order valence-corrected chi connectivity index (χ0v) is 14.8. The molecule has 5 heteroatoms. The van der Waals surface area contributed by atoms with Crippen LogP contribution in [-0.4, -0.2) is 27.9 Å². The lowest BCUT2D eigenvalue weighted by molar-refractivity contribution is 0.0407. The molecule has 1 atom stereocenters. The molecule has 1 aliphatic rings. The molecule has 0 bridgehead atoms. The molecule has 0 N–H and O–H groups in total. The fourth-order valence-electron chi connectivity index (χ4n) is 2.83. The minimum absolute atomic E-state index is 0.267. The lowest BCUT2D eigenvalue weighted by Crippen LogP contribution is -2.49. The average Bonchev–Trinajstić information content (AvgIpc) is 2.68. The van der Waals surface area contributed by atoms with Crippen LogP contribution in [0.15, 0.2) is 34.5 Å². The molecule has 0 aliphatic carbocycles. The van der Waals surface area contributed by atoms with E-state index in [0.717, 1.165) is 0 Å². The Hall–Kier alpha value is -2.04. The third kappa shape index (κ3) is 3.49. The fourth-order valence-corrected chi connectivity index (χ4v) is 2.83. The van der Waals surface area contributed by atoms with Crippen molar-refractivity contribution in [1.29, 1.82) is 0 Å². The lowest BCUT2D eigenvalue weighted by atomic mass is 9.98. The van der Waals surface area contributed by atoms with Crippen LogP contribution >= 0.6 is 0 Å². The Labute approximate surface area is 137 Å². The number of nitrogens with zero attached hydrogens (tertiary/aromatic N) is 3. The molecule has 0 aromatic heterocycles. The molecule has 124 valence electrons. The lowest BCUT2D eigenvalue weighted by Gasteiger charge is -2.34. The highest BCUT2D eigenvalue weighted by Gasteiger charge is 2.47. The van der Waals surface area contributed by atoms with Gasteiger partial charge in [-0.2, -0.15) is 10.2 Å². The molecular formula is C18H25N3O2. The van der Waals surface area contributed by atoms with E-state index in [1.807, 2.05) is 41.5 Å². The second-order valence-electron chi connectivity index (χ2n) is 7.68. The van der Waals surface area contributed by atoms with Gasteiger partial charge < -0.3 is 0 Å². The monoisotopic (exact) mass is 315 g/mol. The summed E-state index contributed by atoms with van der Waals surface area (Å²) < 4.78 is 0. The molecule has 0 spiro atoms. The maximum absolute atomic E-state index is 12.8. The Morgan fingerprint density at radius 3 is 1.83 bits per heavy atom. The van der Waals surface area contributed by atoms with E-state index in [2.05, 4.69) is 10.2 Å². The zero-order chi connectivity index (χ0) is 17.4. The Bertz CT molecular complexity index is 623. The predicted molar refractivity (Wildman–Crippen MR) is 89.4 cm³/mol. The maximum atomic E-state index is 12.8. The molecule has 1 aromatic rings. The summed E-state index contributed by atoms with van der Waals surface area (Å²) in [4.78, 5) is 26.8. The van der Waals surface area contributed by atoms with Gasteiger partial charge in [0.2, 0.25) is 0 Å². The van der Waals surface area contributed by atoms with Gasteiger partial charge in [-0.05, 0) is 52.2 Å². The first-order chi connectivity index (χ1) is 10.6. The molecule has 0 fully saturated rings. The van der Waals surface area contributed by atoms with E-state index in [1.54, 1.807) is 24.3 Å². The van der Waals surface area contributed by atoms with Crippen molar-refractivity contribution in [1.82, 2.24) is 4.90 Å². The van der Waals surface area contributed by atoms with E-state index in [4.69, 9.17) is 0 Å². The van der Waals surface area contributed by atoms with E-state index >= 15 is 0 Å². The van der Waals surface area contributed by atoms with Crippen LogP contribution in [0.1, 0.15) is 68.7 Å². The number of rotatable bonds is 4. The smallest absolute Gasteiger partial charge is 0.263 e. The highest BCUT2D eigenvalue weighted by molar-refractivity contribution is 6.21. The van der Waals surface area contributed by atoms with Gasteiger partial charge in [-0.15, -0.1) is 0 Å². The summed E-state index contributed by atoms with van der Waals surface area (Å²) >= 11 is 0. The molecule has 5 nitrogen and oxygen atoms in total. The van der Waals surface area contributed by atoms with Crippen LogP contribution in [0.2, 0.25) is 0 Å². The number of carbonyl (C=O) groups excluding carboxylic acids is 2. The van der Waals surface area contributed by atoms with E-state index < -0.39 is 5.66 Å². The molecule has 1 aromatic carbocycles. The van der Waals surface area contributed by atoms with Crippen LogP contribution in [0, 0.1) is 5.92 Å². The van der Waals surface area contributed by atoms with Gasteiger partial charge in [0.05, 0.1) is 16.7 Å². The topological polar surface area (TPSA) is 62.1 Å². The van der Waals surface area contributed by atoms with Crippen molar-refractivity contribution < 1.29 is 9.59 Å². The van der Waals surface area contributed by atoms with Crippen LogP contribution in [0.4, 0.5) is 0 Å². The van der Waals surface area contributed by atoms with Crippen LogP contribution in [0.3, 0.4) is 0 Å². The Kier molecular flexibility index (Phi) is 4.42. The number of hydrogen-bond acceptors (Lipinski definition) is 4. The van der Waals surface area contributed by atoms with Gasteiger partial charge >= 0.3 is 0 Å². The molecular weight excluding hydrogens is 290 g/mol. The van der Waals surface area contributed by atoms with Crippen LogP contribution in [-0.2, 0) is 0 Å². The fraction of sp³-hybridized carbons (Fsp3) is 0.556. The van der Waals surface area contributed by atoms with E-state index in [9.17, 15) is 9.59 Å². The van der Waals surface area contributed by atoms with Gasteiger partial charge in [-0.25, -0.2) is 4.90 Å². The molecule has 1 unspecified atom stereocenters. The number of imide groups is 1. The largest absolute Gasteiger partial charge is 0.268 e. The van der Waals surface area contributed by atoms with Crippen molar-refractivity contribution in [2.24, 2.45) is 16.1 Å². The number of carbonyl (C=O) groups is 2. The molecule has 2 amide bonds. The standard InChI is InChI=1S/C18H25N3O2/c1-12(2)11-18(6,20-19-17(3,4)5)21-15(22)13-9-7-8-10-14(13)16(21)23/h7-10,12H,11H2,1-6H3/b20-19+. The number of fused-ring (bicyclic) bond motifs is 1. The second-order valence-corrected chi connectivity index (χ2v) is 7.68. The SMILES string of the molecule is CC(C)CC(C)(/N=N/C(C)(C)C)N1C(=O)c2ccccc2C1=O. The van der Waals surface area contributed by atoms with Gasteiger partial charge in [0, 0.05) is 0 Å². The minimum atomic E-state index is -0.978. The van der Waals surface area contributed by atoms with Crippen molar-refractivity contribution >= 4 is 11.8 Å². The van der Waals surface area contributed by atoms with E-state index in [0.29, 0.717) is 17.5 Å². The molecule has 0 saturated heterocycles. The first-order valence-electron chi connectivity index (χ1n) is 7.97. The maximum Gasteiger partial charge on any atom is 0.263 e. The van der Waals surface area contributed by atoms with E-state index in [-0.39, 0.29) is 23.3 Å². The van der Waals surface area contributed by atoms with Crippen molar-refractivity contribution in [3.05, 3.63) is 35.4 Å². The highest BCUT2D eigenvalue weighted by atomic mass is 16.2.